The highest BCUT2D eigenvalue weighted by molar-refractivity contribution is 6.32. The van der Waals surface area contributed by atoms with Gasteiger partial charge in [0.2, 0.25) is 5.91 Å². The van der Waals surface area contributed by atoms with E-state index in [2.05, 4.69) is 10.6 Å². The van der Waals surface area contributed by atoms with Crippen molar-refractivity contribution in [2.24, 2.45) is 0 Å². The Kier molecular flexibility index (Phi) is 7.60. The monoisotopic (exact) mass is 471 g/mol. The van der Waals surface area contributed by atoms with Gasteiger partial charge in [-0.2, -0.15) is 0 Å². The molecule has 0 radical (unpaired) electrons. The predicted molar refractivity (Wildman–Crippen MR) is 126 cm³/mol. The molecule has 0 aromatic heterocycles. The molecular formula is C24H26ClN3O5. The molecule has 0 spiro atoms. The molecule has 1 heterocycles. The van der Waals surface area contributed by atoms with Crippen molar-refractivity contribution in [1.29, 1.82) is 0 Å². The summed E-state index contributed by atoms with van der Waals surface area (Å²) in [4.78, 5) is 38.5. The Hall–Kier alpha value is -3.52. The van der Waals surface area contributed by atoms with Gasteiger partial charge in [0.15, 0.2) is 11.5 Å². The van der Waals surface area contributed by atoms with Gasteiger partial charge in [-0.25, -0.2) is 9.69 Å². The zero-order valence-electron chi connectivity index (χ0n) is 18.9. The van der Waals surface area contributed by atoms with Gasteiger partial charge in [-0.1, -0.05) is 36.7 Å². The molecule has 0 bridgehead atoms. The lowest BCUT2D eigenvalue weighted by Crippen LogP contribution is -2.38. The lowest BCUT2D eigenvalue weighted by Gasteiger charge is -2.15. The topological polar surface area (TPSA) is 97.0 Å². The van der Waals surface area contributed by atoms with Crippen LogP contribution < -0.4 is 20.1 Å². The Bertz CT molecular complexity index is 1110. The number of carbonyl (C=O) groups excluding carboxylic acids is 3. The summed E-state index contributed by atoms with van der Waals surface area (Å²) >= 11 is 6.34. The van der Waals surface area contributed by atoms with Crippen molar-refractivity contribution < 1.29 is 23.9 Å². The van der Waals surface area contributed by atoms with Gasteiger partial charge in [-0.3, -0.25) is 9.59 Å². The highest BCUT2D eigenvalue weighted by Crippen LogP contribution is 2.37. The van der Waals surface area contributed by atoms with Gasteiger partial charge >= 0.3 is 6.03 Å². The van der Waals surface area contributed by atoms with Gasteiger partial charge in [0.1, 0.15) is 12.2 Å². The highest BCUT2D eigenvalue weighted by Gasteiger charge is 2.35. The van der Waals surface area contributed by atoms with Crippen LogP contribution >= 0.6 is 11.6 Å². The molecule has 174 valence electrons. The summed E-state index contributed by atoms with van der Waals surface area (Å²) < 4.78 is 11.0. The smallest absolute Gasteiger partial charge is 0.329 e. The van der Waals surface area contributed by atoms with E-state index in [4.69, 9.17) is 21.1 Å². The van der Waals surface area contributed by atoms with Gasteiger partial charge in [-0.15, -0.1) is 0 Å². The molecule has 1 fully saturated rings. The SMILES string of the molecule is CCc1ccccc1NC(=O)CN1C(=O)N/C(=C/c2cc(Cl)c(OC(C)C)c(OC)c2)C1=O. The number of urea groups is 1. The number of methoxy groups -OCH3 is 1. The van der Waals surface area contributed by atoms with Crippen LogP contribution in [0.1, 0.15) is 31.9 Å². The van der Waals surface area contributed by atoms with Crippen molar-refractivity contribution >= 4 is 41.2 Å². The average Bonchev–Trinajstić information content (AvgIpc) is 3.02. The van der Waals surface area contributed by atoms with Crippen LogP contribution in [0, 0.1) is 0 Å². The standard InChI is InChI=1S/C24H26ClN3O5/c1-5-16-8-6-7-9-18(16)26-21(29)13-28-23(30)19(27-24(28)31)11-15-10-17(25)22(33-14(2)3)20(12-15)32-4/h6-12,14H,5,13H2,1-4H3,(H,26,29)(H,27,31)/b19-11+. The number of anilines is 1. The van der Waals surface area contributed by atoms with Crippen LogP contribution in [0.25, 0.3) is 6.08 Å². The molecule has 1 saturated heterocycles. The summed E-state index contributed by atoms with van der Waals surface area (Å²) in [5, 5.41) is 5.56. The summed E-state index contributed by atoms with van der Waals surface area (Å²) in [7, 11) is 1.48. The van der Waals surface area contributed by atoms with Crippen LogP contribution in [0.3, 0.4) is 0 Å². The Balaban J connectivity index is 1.77. The van der Waals surface area contributed by atoms with Gasteiger partial charge in [0, 0.05) is 5.69 Å². The Morgan fingerprint density at radius 1 is 1.24 bits per heavy atom. The third-order valence-electron chi connectivity index (χ3n) is 4.85. The minimum Gasteiger partial charge on any atom is -0.493 e. The molecule has 2 N–H and O–H groups in total. The molecule has 0 unspecified atom stereocenters. The maximum atomic E-state index is 12.8. The van der Waals surface area contributed by atoms with Crippen LogP contribution in [0.2, 0.25) is 5.02 Å². The first kappa shape index (κ1) is 24.1. The molecule has 0 aliphatic carbocycles. The minimum absolute atomic E-state index is 0.0254. The lowest BCUT2D eigenvalue weighted by molar-refractivity contribution is -0.127. The average molecular weight is 472 g/mol. The first-order valence-corrected chi connectivity index (χ1v) is 10.9. The number of carbonyl (C=O) groups is 3. The van der Waals surface area contributed by atoms with E-state index in [1.807, 2.05) is 32.9 Å². The molecule has 2 aromatic carbocycles. The molecule has 0 saturated carbocycles. The first-order chi connectivity index (χ1) is 15.7. The van der Waals surface area contributed by atoms with Crippen molar-refractivity contribution in [3.05, 3.63) is 58.2 Å². The van der Waals surface area contributed by atoms with Gasteiger partial charge in [0.05, 0.1) is 18.2 Å². The number of para-hydroxylation sites is 1. The third-order valence-corrected chi connectivity index (χ3v) is 5.13. The molecule has 1 aliphatic heterocycles. The number of amides is 4. The number of nitrogens with zero attached hydrogens (tertiary/aromatic N) is 1. The largest absolute Gasteiger partial charge is 0.493 e. The fraction of sp³-hybridized carbons (Fsp3) is 0.292. The minimum atomic E-state index is -0.678. The fourth-order valence-corrected chi connectivity index (χ4v) is 3.60. The van der Waals surface area contributed by atoms with E-state index in [0.717, 1.165) is 16.9 Å². The van der Waals surface area contributed by atoms with Crippen molar-refractivity contribution in [1.82, 2.24) is 10.2 Å². The Morgan fingerprint density at radius 3 is 2.64 bits per heavy atom. The molecule has 2 aromatic rings. The van der Waals surface area contributed by atoms with Crippen LogP contribution in [0.15, 0.2) is 42.1 Å². The van der Waals surface area contributed by atoms with Crippen LogP contribution in [-0.4, -0.2) is 42.5 Å². The Morgan fingerprint density at radius 2 is 1.97 bits per heavy atom. The second-order valence-electron chi connectivity index (χ2n) is 7.64. The van der Waals surface area contributed by atoms with Crippen molar-refractivity contribution in [2.75, 3.05) is 19.0 Å². The number of rotatable bonds is 8. The van der Waals surface area contributed by atoms with Crippen LogP contribution in [0.5, 0.6) is 11.5 Å². The van der Waals surface area contributed by atoms with Crippen molar-refractivity contribution in [2.45, 2.75) is 33.3 Å². The van der Waals surface area contributed by atoms with Gasteiger partial charge in [-0.05, 0) is 55.7 Å². The second-order valence-corrected chi connectivity index (χ2v) is 8.05. The molecule has 4 amide bonds. The quantitative estimate of drug-likeness (QED) is 0.443. The van der Waals surface area contributed by atoms with E-state index >= 15 is 0 Å². The van der Waals surface area contributed by atoms with E-state index in [-0.39, 0.29) is 11.8 Å². The summed E-state index contributed by atoms with van der Waals surface area (Å²) in [6, 6.07) is 9.94. The van der Waals surface area contributed by atoms with Gasteiger partial charge in [0.25, 0.3) is 5.91 Å². The fourth-order valence-electron chi connectivity index (χ4n) is 3.34. The third kappa shape index (κ3) is 5.64. The molecule has 1 aliphatic rings. The normalized spacial score (nSPS) is 14.6. The number of nitrogens with one attached hydrogen (secondary N) is 2. The first-order valence-electron chi connectivity index (χ1n) is 10.5. The molecule has 8 nitrogen and oxygen atoms in total. The number of ether oxygens (including phenoxy) is 2. The van der Waals surface area contributed by atoms with Gasteiger partial charge < -0.3 is 20.1 Å². The molecule has 3 rings (SSSR count). The maximum absolute atomic E-state index is 12.8. The summed E-state index contributed by atoms with van der Waals surface area (Å²) in [5.74, 6) is -0.300. The molecule has 0 atom stereocenters. The number of benzene rings is 2. The van der Waals surface area contributed by atoms with Crippen molar-refractivity contribution in [3.8, 4) is 11.5 Å². The zero-order valence-corrected chi connectivity index (χ0v) is 19.7. The number of halogens is 1. The summed E-state index contributed by atoms with van der Waals surface area (Å²) in [6.45, 7) is 5.29. The second kappa shape index (κ2) is 10.4. The number of hydrogen-bond donors (Lipinski definition) is 2. The van der Waals surface area contributed by atoms with E-state index in [1.54, 1.807) is 24.3 Å². The molecular weight excluding hydrogens is 446 g/mol. The van der Waals surface area contributed by atoms with E-state index in [0.29, 0.717) is 27.8 Å². The van der Waals surface area contributed by atoms with E-state index < -0.39 is 24.4 Å². The van der Waals surface area contributed by atoms with E-state index in [9.17, 15) is 14.4 Å². The summed E-state index contributed by atoms with van der Waals surface area (Å²) in [5.41, 5.74) is 2.16. The Labute approximate surface area is 197 Å². The zero-order chi connectivity index (χ0) is 24.1. The molecule has 9 heteroatoms. The summed E-state index contributed by atoms with van der Waals surface area (Å²) in [6.07, 6.45) is 2.10. The van der Waals surface area contributed by atoms with E-state index in [1.165, 1.54) is 13.2 Å². The maximum Gasteiger partial charge on any atom is 0.329 e. The number of aryl methyl sites for hydroxylation is 1. The predicted octanol–water partition coefficient (Wildman–Crippen LogP) is 4.23. The lowest BCUT2D eigenvalue weighted by atomic mass is 10.1. The van der Waals surface area contributed by atoms with Crippen LogP contribution in [-0.2, 0) is 16.0 Å². The van der Waals surface area contributed by atoms with Crippen LogP contribution in [0.4, 0.5) is 10.5 Å². The molecule has 33 heavy (non-hydrogen) atoms. The highest BCUT2D eigenvalue weighted by atomic mass is 35.5. The van der Waals surface area contributed by atoms with Crippen molar-refractivity contribution in [3.63, 3.8) is 0 Å². The number of imide groups is 1. The number of hydrogen-bond acceptors (Lipinski definition) is 5.